The van der Waals surface area contributed by atoms with E-state index in [4.69, 9.17) is 0 Å². The smallest absolute Gasteiger partial charge is 0.236 e. The van der Waals surface area contributed by atoms with E-state index in [0.717, 1.165) is 32.1 Å². The van der Waals surface area contributed by atoms with Crippen molar-refractivity contribution in [3.05, 3.63) is 0 Å². The third-order valence-corrected chi connectivity index (χ3v) is 3.28. The van der Waals surface area contributed by atoms with Gasteiger partial charge in [-0.3, -0.25) is 9.69 Å². The van der Waals surface area contributed by atoms with Gasteiger partial charge in [0.25, 0.3) is 0 Å². The van der Waals surface area contributed by atoms with E-state index in [-0.39, 0.29) is 5.91 Å². The van der Waals surface area contributed by atoms with E-state index in [1.54, 1.807) is 4.90 Å². The second kappa shape index (κ2) is 6.86. The lowest BCUT2D eigenvalue weighted by molar-refractivity contribution is -0.130. The Morgan fingerprint density at radius 1 is 1.31 bits per heavy atom. The quantitative estimate of drug-likeness (QED) is 0.738. The van der Waals surface area contributed by atoms with Crippen LogP contribution in [-0.2, 0) is 4.79 Å². The fourth-order valence-corrected chi connectivity index (χ4v) is 2.07. The topological polar surface area (TPSA) is 35.6 Å². The summed E-state index contributed by atoms with van der Waals surface area (Å²) in [6.07, 6.45) is 2.49. The first-order chi connectivity index (χ1) is 7.63. The van der Waals surface area contributed by atoms with Crippen LogP contribution < -0.4 is 5.32 Å². The molecule has 0 spiro atoms. The molecular formula is C12H25N3O. The molecule has 4 nitrogen and oxygen atoms in total. The highest BCUT2D eigenvalue weighted by molar-refractivity contribution is 5.77. The minimum atomic E-state index is 0.204. The van der Waals surface area contributed by atoms with E-state index >= 15 is 0 Å². The summed E-state index contributed by atoms with van der Waals surface area (Å²) in [6, 6.07) is 0. The molecule has 0 aliphatic carbocycles. The Morgan fingerprint density at radius 2 is 1.94 bits per heavy atom. The van der Waals surface area contributed by atoms with Gasteiger partial charge in [0, 0.05) is 20.6 Å². The Balaban J connectivity index is 2.32. The normalized spacial score (nSPS) is 17.8. The molecule has 16 heavy (non-hydrogen) atoms. The zero-order chi connectivity index (χ0) is 12.0. The second-order valence-electron chi connectivity index (χ2n) is 4.81. The number of carbonyl (C=O) groups is 1. The Kier molecular flexibility index (Phi) is 5.77. The van der Waals surface area contributed by atoms with Crippen molar-refractivity contribution in [3.63, 3.8) is 0 Å². The van der Waals surface area contributed by atoms with Gasteiger partial charge in [-0.25, -0.2) is 0 Å². The molecule has 1 amide bonds. The molecular weight excluding hydrogens is 202 g/mol. The Morgan fingerprint density at radius 3 is 2.44 bits per heavy atom. The molecule has 0 radical (unpaired) electrons. The molecule has 1 heterocycles. The van der Waals surface area contributed by atoms with Crippen LogP contribution in [0.4, 0.5) is 0 Å². The summed E-state index contributed by atoms with van der Waals surface area (Å²) in [5, 5.41) is 3.37. The van der Waals surface area contributed by atoms with E-state index in [0.29, 0.717) is 6.54 Å². The van der Waals surface area contributed by atoms with Gasteiger partial charge in [-0.2, -0.15) is 0 Å². The van der Waals surface area contributed by atoms with Crippen LogP contribution >= 0.6 is 0 Å². The van der Waals surface area contributed by atoms with Gasteiger partial charge in [0.15, 0.2) is 0 Å². The molecule has 0 atom stereocenters. The monoisotopic (exact) mass is 227 g/mol. The summed E-state index contributed by atoms with van der Waals surface area (Å²) < 4.78 is 0. The third-order valence-electron chi connectivity index (χ3n) is 3.28. The van der Waals surface area contributed by atoms with Crippen molar-refractivity contribution in [3.8, 4) is 0 Å². The first-order valence-electron chi connectivity index (χ1n) is 6.26. The fourth-order valence-electron chi connectivity index (χ4n) is 2.07. The number of rotatable bonds is 5. The number of likely N-dealkylation sites (N-methyl/N-ethyl adjacent to an activating group) is 2. The molecule has 1 saturated heterocycles. The van der Waals surface area contributed by atoms with E-state index in [9.17, 15) is 4.79 Å². The number of carbonyl (C=O) groups excluding carboxylic acids is 1. The summed E-state index contributed by atoms with van der Waals surface area (Å²) in [5.41, 5.74) is 0. The summed E-state index contributed by atoms with van der Waals surface area (Å²) in [5.74, 6) is 0.965. The molecule has 0 aromatic rings. The first kappa shape index (κ1) is 13.5. The van der Waals surface area contributed by atoms with Gasteiger partial charge in [0.2, 0.25) is 5.91 Å². The van der Waals surface area contributed by atoms with Crippen molar-refractivity contribution in [2.45, 2.75) is 19.8 Å². The van der Waals surface area contributed by atoms with Crippen LogP contribution in [0.15, 0.2) is 0 Å². The molecule has 0 aromatic carbocycles. The van der Waals surface area contributed by atoms with Crippen LogP contribution in [0.1, 0.15) is 19.8 Å². The number of nitrogens with zero attached hydrogens (tertiary/aromatic N) is 2. The van der Waals surface area contributed by atoms with E-state index in [2.05, 4.69) is 17.1 Å². The minimum Gasteiger partial charge on any atom is -0.348 e. The minimum absolute atomic E-state index is 0.204. The molecule has 1 fully saturated rings. The van der Waals surface area contributed by atoms with Gasteiger partial charge in [-0.15, -0.1) is 0 Å². The lowest BCUT2D eigenvalue weighted by atomic mass is 9.97. The van der Waals surface area contributed by atoms with Gasteiger partial charge < -0.3 is 10.2 Å². The fraction of sp³-hybridized carbons (Fsp3) is 0.917. The van der Waals surface area contributed by atoms with Gasteiger partial charge in [0.05, 0.1) is 6.54 Å². The summed E-state index contributed by atoms with van der Waals surface area (Å²) in [7, 11) is 3.64. The number of hydrogen-bond donors (Lipinski definition) is 1. The molecule has 1 aliphatic rings. The van der Waals surface area contributed by atoms with Gasteiger partial charge in [0.1, 0.15) is 0 Å². The van der Waals surface area contributed by atoms with Crippen LogP contribution in [0.25, 0.3) is 0 Å². The lowest BCUT2D eigenvalue weighted by Crippen LogP contribution is -2.41. The molecule has 94 valence electrons. The number of nitrogens with one attached hydrogen (secondary N) is 1. The van der Waals surface area contributed by atoms with Crippen LogP contribution in [0, 0.1) is 5.92 Å². The molecule has 0 unspecified atom stereocenters. The molecule has 1 aliphatic heterocycles. The maximum absolute atomic E-state index is 11.6. The number of hydrogen-bond acceptors (Lipinski definition) is 3. The predicted molar refractivity (Wildman–Crippen MR) is 66.4 cm³/mol. The van der Waals surface area contributed by atoms with Crippen molar-refractivity contribution in [2.24, 2.45) is 5.92 Å². The van der Waals surface area contributed by atoms with Gasteiger partial charge >= 0.3 is 0 Å². The van der Waals surface area contributed by atoms with Crippen LogP contribution in [-0.4, -0.2) is 62.5 Å². The average molecular weight is 227 g/mol. The maximum atomic E-state index is 11.6. The van der Waals surface area contributed by atoms with Crippen molar-refractivity contribution >= 4 is 5.91 Å². The largest absolute Gasteiger partial charge is 0.348 e. The van der Waals surface area contributed by atoms with Crippen molar-refractivity contribution < 1.29 is 4.79 Å². The Bertz CT molecular complexity index is 212. The van der Waals surface area contributed by atoms with Crippen LogP contribution in [0.5, 0.6) is 0 Å². The first-order valence-corrected chi connectivity index (χ1v) is 6.26. The Labute approximate surface area is 99.0 Å². The molecule has 1 rings (SSSR count). The van der Waals surface area contributed by atoms with Gasteiger partial charge in [-0.1, -0.05) is 6.92 Å². The van der Waals surface area contributed by atoms with Gasteiger partial charge in [-0.05, 0) is 38.4 Å². The SMILES string of the molecule is CCN(CC(=O)N(C)C)CC1CCNCC1. The number of amides is 1. The standard InChI is InChI=1S/C12H25N3O/c1-4-15(10-12(16)14(2)3)9-11-5-7-13-8-6-11/h11,13H,4-10H2,1-3H3. The van der Waals surface area contributed by atoms with E-state index in [1.807, 2.05) is 14.1 Å². The summed E-state index contributed by atoms with van der Waals surface area (Å²) >= 11 is 0. The van der Waals surface area contributed by atoms with Crippen molar-refractivity contribution in [2.75, 3.05) is 46.8 Å². The van der Waals surface area contributed by atoms with Crippen LogP contribution in [0.2, 0.25) is 0 Å². The number of piperidine rings is 1. The zero-order valence-corrected chi connectivity index (χ0v) is 10.8. The maximum Gasteiger partial charge on any atom is 0.236 e. The predicted octanol–water partition coefficient (Wildman–Crippen LogP) is 0.396. The van der Waals surface area contributed by atoms with Crippen molar-refractivity contribution in [1.82, 2.24) is 15.1 Å². The third kappa shape index (κ3) is 4.49. The molecule has 0 saturated carbocycles. The summed E-state index contributed by atoms with van der Waals surface area (Å²) in [4.78, 5) is 15.6. The molecule has 0 aromatic heterocycles. The highest BCUT2D eigenvalue weighted by atomic mass is 16.2. The second-order valence-corrected chi connectivity index (χ2v) is 4.81. The van der Waals surface area contributed by atoms with Crippen LogP contribution in [0.3, 0.4) is 0 Å². The Hall–Kier alpha value is -0.610. The molecule has 1 N–H and O–H groups in total. The molecule has 0 bridgehead atoms. The van der Waals surface area contributed by atoms with Crippen molar-refractivity contribution in [1.29, 1.82) is 0 Å². The average Bonchev–Trinajstić information content (AvgIpc) is 2.29. The molecule has 4 heteroatoms. The van der Waals surface area contributed by atoms with E-state index < -0.39 is 0 Å². The zero-order valence-electron chi connectivity index (χ0n) is 10.8. The lowest BCUT2D eigenvalue weighted by Gasteiger charge is -2.29. The highest BCUT2D eigenvalue weighted by Gasteiger charge is 2.18. The van der Waals surface area contributed by atoms with E-state index in [1.165, 1.54) is 12.8 Å². The highest BCUT2D eigenvalue weighted by Crippen LogP contribution is 2.13. The summed E-state index contributed by atoms with van der Waals surface area (Å²) in [6.45, 7) is 6.98.